The number of rotatable bonds is 1. The van der Waals surface area contributed by atoms with Crippen molar-refractivity contribution in [2.24, 2.45) is 5.73 Å². The fraction of sp³-hybridized carbons (Fsp3) is 0.417. The Morgan fingerprint density at radius 2 is 2.12 bits per heavy atom. The maximum absolute atomic E-state index is 5.92. The zero-order valence-corrected chi connectivity index (χ0v) is 9.91. The number of aromatic nitrogens is 1. The molecule has 0 aromatic carbocycles. The highest BCUT2D eigenvalue weighted by atomic mass is 32.1. The van der Waals surface area contributed by atoms with Gasteiger partial charge in [-0.25, -0.2) is 4.98 Å². The van der Waals surface area contributed by atoms with Crippen molar-refractivity contribution in [2.75, 3.05) is 18.0 Å². The Bertz CT molecular complexity index is 486. The number of nitrogens with zero attached hydrogens (tertiary/aromatic N) is 2. The third kappa shape index (κ3) is 1.68. The maximum atomic E-state index is 5.92. The van der Waals surface area contributed by atoms with Gasteiger partial charge in [0.05, 0.1) is 0 Å². The van der Waals surface area contributed by atoms with E-state index in [4.69, 9.17) is 5.73 Å². The Labute approximate surface area is 98.9 Å². The van der Waals surface area contributed by atoms with Crippen LogP contribution in [0.4, 0.5) is 5.82 Å². The van der Waals surface area contributed by atoms with E-state index in [0.29, 0.717) is 6.04 Å². The fourth-order valence-electron chi connectivity index (χ4n) is 2.24. The van der Waals surface area contributed by atoms with E-state index in [9.17, 15) is 0 Å². The summed E-state index contributed by atoms with van der Waals surface area (Å²) in [6, 6.07) is 4.62. The number of pyridine rings is 1. The highest BCUT2D eigenvalue weighted by molar-refractivity contribution is 7.17. The summed E-state index contributed by atoms with van der Waals surface area (Å²) in [7, 11) is 0. The Hall–Kier alpha value is -1.13. The molecule has 1 fully saturated rings. The molecular formula is C12H15N3S. The SMILES string of the molecule is NC1CCN(c2nccc3sccc23)CC1. The summed E-state index contributed by atoms with van der Waals surface area (Å²) in [5.41, 5.74) is 5.92. The number of hydrogen-bond donors (Lipinski definition) is 1. The van der Waals surface area contributed by atoms with Gasteiger partial charge >= 0.3 is 0 Å². The maximum Gasteiger partial charge on any atom is 0.137 e. The summed E-state index contributed by atoms with van der Waals surface area (Å²) in [6.45, 7) is 2.06. The van der Waals surface area contributed by atoms with Crippen LogP contribution >= 0.6 is 11.3 Å². The van der Waals surface area contributed by atoms with E-state index < -0.39 is 0 Å². The summed E-state index contributed by atoms with van der Waals surface area (Å²) in [6.07, 6.45) is 4.05. The van der Waals surface area contributed by atoms with Crippen molar-refractivity contribution >= 4 is 27.2 Å². The van der Waals surface area contributed by atoms with Gasteiger partial charge in [0.2, 0.25) is 0 Å². The summed E-state index contributed by atoms with van der Waals surface area (Å²) in [5.74, 6) is 1.13. The van der Waals surface area contributed by atoms with Crippen molar-refractivity contribution in [1.29, 1.82) is 0 Å². The van der Waals surface area contributed by atoms with Gasteiger partial charge in [0.15, 0.2) is 0 Å². The minimum atomic E-state index is 0.373. The van der Waals surface area contributed by atoms with Crippen LogP contribution in [0, 0.1) is 0 Å². The molecule has 0 atom stereocenters. The van der Waals surface area contributed by atoms with Crippen LogP contribution < -0.4 is 10.6 Å². The number of nitrogens with two attached hydrogens (primary N) is 1. The summed E-state index contributed by atoms with van der Waals surface area (Å²) >= 11 is 1.77. The fourth-order valence-corrected chi connectivity index (χ4v) is 3.02. The van der Waals surface area contributed by atoms with E-state index in [1.54, 1.807) is 11.3 Å². The van der Waals surface area contributed by atoms with Crippen molar-refractivity contribution in [3.05, 3.63) is 23.7 Å². The zero-order chi connectivity index (χ0) is 11.0. The molecule has 1 saturated heterocycles. The number of anilines is 1. The van der Waals surface area contributed by atoms with Gasteiger partial charge in [-0.1, -0.05) is 0 Å². The average molecular weight is 233 g/mol. The first kappa shape index (κ1) is 10.1. The second kappa shape index (κ2) is 4.03. The third-order valence-corrected chi connectivity index (χ3v) is 4.08. The predicted octanol–water partition coefficient (Wildman–Crippen LogP) is 2.22. The number of hydrogen-bond acceptors (Lipinski definition) is 4. The molecule has 0 radical (unpaired) electrons. The molecule has 0 unspecified atom stereocenters. The van der Waals surface area contributed by atoms with Crippen LogP contribution in [0.1, 0.15) is 12.8 Å². The standard InChI is InChI=1S/C12H15N3S/c13-9-2-6-15(7-3-9)12-10-4-8-16-11(10)1-5-14-12/h1,4-5,8-9H,2-3,6-7,13H2. The Kier molecular flexibility index (Phi) is 2.53. The Morgan fingerprint density at radius 1 is 1.31 bits per heavy atom. The number of fused-ring (bicyclic) bond motifs is 1. The van der Waals surface area contributed by atoms with Crippen LogP contribution in [0.5, 0.6) is 0 Å². The Morgan fingerprint density at radius 3 is 2.94 bits per heavy atom. The minimum Gasteiger partial charge on any atom is -0.356 e. The lowest BCUT2D eigenvalue weighted by Gasteiger charge is -2.31. The van der Waals surface area contributed by atoms with E-state index >= 15 is 0 Å². The van der Waals surface area contributed by atoms with Crippen molar-refractivity contribution < 1.29 is 0 Å². The Balaban J connectivity index is 1.96. The molecule has 0 amide bonds. The van der Waals surface area contributed by atoms with Gasteiger partial charge in [-0.15, -0.1) is 11.3 Å². The zero-order valence-electron chi connectivity index (χ0n) is 9.10. The molecular weight excluding hydrogens is 218 g/mol. The first-order valence-corrected chi connectivity index (χ1v) is 6.55. The van der Waals surface area contributed by atoms with Gasteiger partial charge in [0.25, 0.3) is 0 Å². The minimum absolute atomic E-state index is 0.373. The molecule has 2 aromatic rings. The molecule has 84 valence electrons. The van der Waals surface area contributed by atoms with Crippen LogP contribution in [0.2, 0.25) is 0 Å². The van der Waals surface area contributed by atoms with Crippen molar-refractivity contribution in [3.63, 3.8) is 0 Å². The topological polar surface area (TPSA) is 42.1 Å². The summed E-state index contributed by atoms with van der Waals surface area (Å²) < 4.78 is 1.32. The molecule has 2 N–H and O–H groups in total. The molecule has 1 aliphatic rings. The molecule has 2 aromatic heterocycles. The smallest absolute Gasteiger partial charge is 0.137 e. The molecule has 0 spiro atoms. The van der Waals surface area contributed by atoms with Gasteiger partial charge in [-0.2, -0.15) is 0 Å². The third-order valence-electron chi connectivity index (χ3n) is 3.20. The molecule has 3 heterocycles. The predicted molar refractivity (Wildman–Crippen MR) is 69.0 cm³/mol. The van der Waals surface area contributed by atoms with Gasteiger partial charge in [-0.3, -0.25) is 0 Å². The monoisotopic (exact) mass is 233 g/mol. The molecule has 1 aliphatic heterocycles. The number of thiophene rings is 1. The van der Waals surface area contributed by atoms with Crippen molar-refractivity contribution in [1.82, 2.24) is 4.98 Å². The van der Waals surface area contributed by atoms with Gasteiger partial charge < -0.3 is 10.6 Å². The van der Waals surface area contributed by atoms with Gasteiger partial charge in [0, 0.05) is 35.4 Å². The van der Waals surface area contributed by atoms with E-state index in [0.717, 1.165) is 31.7 Å². The molecule has 3 rings (SSSR count). The molecule has 16 heavy (non-hydrogen) atoms. The summed E-state index contributed by atoms with van der Waals surface area (Å²) in [5, 5.41) is 3.41. The molecule has 0 saturated carbocycles. The molecule has 4 heteroatoms. The van der Waals surface area contributed by atoms with Gasteiger partial charge in [0.1, 0.15) is 5.82 Å². The van der Waals surface area contributed by atoms with Crippen molar-refractivity contribution in [2.45, 2.75) is 18.9 Å². The lowest BCUT2D eigenvalue weighted by atomic mass is 10.1. The lowest BCUT2D eigenvalue weighted by Crippen LogP contribution is -2.40. The van der Waals surface area contributed by atoms with Crippen LogP contribution in [-0.2, 0) is 0 Å². The first-order chi connectivity index (χ1) is 7.84. The van der Waals surface area contributed by atoms with E-state index in [2.05, 4.69) is 27.4 Å². The first-order valence-electron chi connectivity index (χ1n) is 5.67. The highest BCUT2D eigenvalue weighted by Crippen LogP contribution is 2.29. The van der Waals surface area contributed by atoms with Crippen LogP contribution in [-0.4, -0.2) is 24.1 Å². The lowest BCUT2D eigenvalue weighted by molar-refractivity contribution is 0.499. The van der Waals surface area contributed by atoms with Crippen LogP contribution in [0.3, 0.4) is 0 Å². The average Bonchev–Trinajstić information content (AvgIpc) is 2.78. The highest BCUT2D eigenvalue weighted by Gasteiger charge is 2.18. The van der Waals surface area contributed by atoms with Crippen LogP contribution in [0.15, 0.2) is 23.7 Å². The normalized spacial score (nSPS) is 18.2. The van der Waals surface area contributed by atoms with E-state index in [-0.39, 0.29) is 0 Å². The van der Waals surface area contributed by atoms with Gasteiger partial charge in [-0.05, 0) is 30.4 Å². The van der Waals surface area contributed by atoms with Crippen LogP contribution in [0.25, 0.3) is 10.1 Å². The van der Waals surface area contributed by atoms with E-state index in [1.165, 1.54) is 10.1 Å². The quantitative estimate of drug-likeness (QED) is 0.821. The van der Waals surface area contributed by atoms with Crippen molar-refractivity contribution in [3.8, 4) is 0 Å². The van der Waals surface area contributed by atoms with E-state index in [1.807, 2.05) is 6.20 Å². The molecule has 0 bridgehead atoms. The summed E-state index contributed by atoms with van der Waals surface area (Å²) in [4.78, 5) is 6.88. The molecule has 3 nitrogen and oxygen atoms in total. The largest absolute Gasteiger partial charge is 0.356 e. The number of piperidine rings is 1. The molecule has 0 aliphatic carbocycles. The second-order valence-electron chi connectivity index (χ2n) is 4.29. The second-order valence-corrected chi connectivity index (χ2v) is 5.24.